The van der Waals surface area contributed by atoms with E-state index in [9.17, 15) is 4.79 Å². The standard InChI is InChI=1S/C14H23N5O2/c1-5-21-9-11-16-10(15)8-12(17-11)19-7-6-18(4)13(20)14(19,2)3/h8H,5-7,9H2,1-4H3,(H2,15,16,17). The van der Waals surface area contributed by atoms with Gasteiger partial charge in [-0.15, -0.1) is 0 Å². The number of carbonyl (C=O) groups excluding carboxylic acids is 1. The first-order valence-electron chi connectivity index (χ1n) is 7.10. The highest BCUT2D eigenvalue weighted by Crippen LogP contribution is 2.28. The lowest BCUT2D eigenvalue weighted by Crippen LogP contribution is -2.62. The molecule has 0 aliphatic carbocycles. The van der Waals surface area contributed by atoms with Crippen molar-refractivity contribution in [1.29, 1.82) is 0 Å². The van der Waals surface area contributed by atoms with Gasteiger partial charge in [-0.1, -0.05) is 0 Å². The van der Waals surface area contributed by atoms with Crippen LogP contribution in [0.1, 0.15) is 26.6 Å². The SMILES string of the molecule is CCOCc1nc(N)cc(N2CCN(C)C(=O)C2(C)C)n1. The minimum Gasteiger partial charge on any atom is -0.384 e. The van der Waals surface area contributed by atoms with Gasteiger partial charge in [-0.25, -0.2) is 9.97 Å². The number of hydrogen-bond acceptors (Lipinski definition) is 6. The largest absolute Gasteiger partial charge is 0.384 e. The maximum Gasteiger partial charge on any atom is 0.247 e. The Morgan fingerprint density at radius 3 is 2.76 bits per heavy atom. The van der Waals surface area contributed by atoms with Gasteiger partial charge in [-0.05, 0) is 20.8 Å². The average molecular weight is 293 g/mol. The third kappa shape index (κ3) is 3.07. The van der Waals surface area contributed by atoms with Crippen LogP contribution in [0.4, 0.5) is 11.6 Å². The van der Waals surface area contributed by atoms with Crippen molar-refractivity contribution in [2.75, 3.05) is 37.4 Å². The number of carbonyl (C=O) groups is 1. The van der Waals surface area contributed by atoms with Gasteiger partial charge in [0.1, 0.15) is 23.8 Å². The molecule has 0 atom stereocenters. The second kappa shape index (κ2) is 5.85. The molecule has 7 heteroatoms. The number of aromatic nitrogens is 2. The Kier molecular flexibility index (Phi) is 4.32. The fraction of sp³-hybridized carbons (Fsp3) is 0.643. The lowest BCUT2D eigenvalue weighted by molar-refractivity contribution is -0.136. The van der Waals surface area contributed by atoms with Gasteiger partial charge in [0.25, 0.3) is 0 Å². The molecule has 1 aromatic heterocycles. The highest BCUT2D eigenvalue weighted by molar-refractivity contribution is 5.90. The molecule has 2 rings (SSSR count). The summed E-state index contributed by atoms with van der Waals surface area (Å²) in [5, 5.41) is 0. The van der Waals surface area contributed by atoms with Crippen molar-refractivity contribution in [2.24, 2.45) is 0 Å². The van der Waals surface area contributed by atoms with Crippen molar-refractivity contribution < 1.29 is 9.53 Å². The summed E-state index contributed by atoms with van der Waals surface area (Å²) in [6.07, 6.45) is 0. The van der Waals surface area contributed by atoms with Crippen molar-refractivity contribution in [3.63, 3.8) is 0 Å². The summed E-state index contributed by atoms with van der Waals surface area (Å²) in [6, 6.07) is 1.70. The van der Waals surface area contributed by atoms with Gasteiger partial charge < -0.3 is 20.3 Å². The Hall–Kier alpha value is -1.89. The number of ether oxygens (including phenoxy) is 1. The van der Waals surface area contributed by atoms with Crippen LogP contribution in [0.15, 0.2) is 6.07 Å². The van der Waals surface area contributed by atoms with Crippen LogP contribution in [-0.2, 0) is 16.1 Å². The second-order valence-corrected chi connectivity index (χ2v) is 5.64. The van der Waals surface area contributed by atoms with Crippen LogP contribution in [0.5, 0.6) is 0 Å². The molecule has 0 spiro atoms. The fourth-order valence-electron chi connectivity index (χ4n) is 2.51. The zero-order valence-corrected chi connectivity index (χ0v) is 13.1. The van der Waals surface area contributed by atoms with Crippen LogP contribution in [0.2, 0.25) is 0 Å². The summed E-state index contributed by atoms with van der Waals surface area (Å²) in [6.45, 7) is 7.97. The van der Waals surface area contributed by atoms with E-state index in [0.717, 1.165) is 0 Å². The molecule has 2 heterocycles. The lowest BCUT2D eigenvalue weighted by Gasteiger charge is -2.45. The van der Waals surface area contributed by atoms with Gasteiger partial charge in [-0.2, -0.15) is 0 Å². The van der Waals surface area contributed by atoms with E-state index < -0.39 is 5.54 Å². The van der Waals surface area contributed by atoms with E-state index in [1.54, 1.807) is 11.0 Å². The van der Waals surface area contributed by atoms with E-state index in [1.807, 2.05) is 32.7 Å². The topological polar surface area (TPSA) is 84.6 Å². The molecule has 1 aliphatic heterocycles. The highest BCUT2D eigenvalue weighted by Gasteiger charge is 2.41. The third-order valence-electron chi connectivity index (χ3n) is 3.69. The monoisotopic (exact) mass is 293 g/mol. The van der Waals surface area contributed by atoms with E-state index in [1.165, 1.54) is 0 Å². The first kappa shape index (κ1) is 15.5. The molecule has 116 valence electrons. The summed E-state index contributed by atoms with van der Waals surface area (Å²) in [4.78, 5) is 24.7. The van der Waals surface area contributed by atoms with Crippen LogP contribution >= 0.6 is 0 Å². The van der Waals surface area contributed by atoms with Gasteiger partial charge in [0.15, 0.2) is 5.82 Å². The molecule has 1 aromatic rings. The Morgan fingerprint density at radius 2 is 2.10 bits per heavy atom. The molecular formula is C14H23N5O2. The van der Waals surface area contributed by atoms with Crippen LogP contribution < -0.4 is 10.6 Å². The quantitative estimate of drug-likeness (QED) is 0.877. The number of rotatable bonds is 4. The maximum atomic E-state index is 12.4. The molecule has 0 aromatic carbocycles. The van der Waals surface area contributed by atoms with Gasteiger partial charge >= 0.3 is 0 Å². The predicted molar refractivity (Wildman–Crippen MR) is 80.8 cm³/mol. The molecule has 0 radical (unpaired) electrons. The smallest absolute Gasteiger partial charge is 0.247 e. The number of piperazine rings is 1. The van der Waals surface area contributed by atoms with Crippen molar-refractivity contribution in [3.8, 4) is 0 Å². The van der Waals surface area contributed by atoms with E-state index in [4.69, 9.17) is 10.5 Å². The van der Waals surface area contributed by atoms with Crippen LogP contribution in [0.25, 0.3) is 0 Å². The van der Waals surface area contributed by atoms with Gasteiger partial charge in [0.2, 0.25) is 5.91 Å². The van der Waals surface area contributed by atoms with Crippen LogP contribution in [-0.4, -0.2) is 53.1 Å². The minimum atomic E-state index is -0.656. The maximum absolute atomic E-state index is 12.4. The summed E-state index contributed by atoms with van der Waals surface area (Å²) >= 11 is 0. The third-order valence-corrected chi connectivity index (χ3v) is 3.69. The van der Waals surface area contributed by atoms with Gasteiger partial charge in [-0.3, -0.25) is 4.79 Å². The highest BCUT2D eigenvalue weighted by atomic mass is 16.5. The van der Waals surface area contributed by atoms with Crippen LogP contribution in [0.3, 0.4) is 0 Å². The van der Waals surface area contributed by atoms with Crippen molar-refractivity contribution >= 4 is 17.5 Å². The molecule has 1 saturated heterocycles. The zero-order chi connectivity index (χ0) is 15.6. The number of nitrogen functional groups attached to an aromatic ring is 1. The van der Waals surface area contributed by atoms with Crippen LogP contribution in [0, 0.1) is 0 Å². The van der Waals surface area contributed by atoms with E-state index in [-0.39, 0.29) is 5.91 Å². The number of nitrogens with two attached hydrogens (primary N) is 1. The summed E-state index contributed by atoms with van der Waals surface area (Å²) in [7, 11) is 1.82. The average Bonchev–Trinajstić information content (AvgIpc) is 2.42. The molecular weight excluding hydrogens is 270 g/mol. The minimum absolute atomic E-state index is 0.0669. The molecule has 21 heavy (non-hydrogen) atoms. The first-order chi connectivity index (χ1) is 9.86. The zero-order valence-electron chi connectivity index (χ0n) is 13.1. The lowest BCUT2D eigenvalue weighted by atomic mass is 9.98. The molecule has 1 aliphatic rings. The number of hydrogen-bond donors (Lipinski definition) is 1. The molecule has 0 unspecified atom stereocenters. The Labute approximate surface area is 125 Å². The summed E-state index contributed by atoms with van der Waals surface area (Å²) < 4.78 is 5.33. The van der Waals surface area contributed by atoms with E-state index in [0.29, 0.717) is 43.8 Å². The van der Waals surface area contributed by atoms with E-state index in [2.05, 4.69) is 9.97 Å². The van der Waals surface area contributed by atoms with Crippen molar-refractivity contribution in [3.05, 3.63) is 11.9 Å². The number of likely N-dealkylation sites (N-methyl/N-ethyl adjacent to an activating group) is 1. The molecule has 0 bridgehead atoms. The number of amides is 1. The van der Waals surface area contributed by atoms with Gasteiger partial charge in [0, 0.05) is 32.8 Å². The second-order valence-electron chi connectivity index (χ2n) is 5.64. The molecule has 0 saturated carbocycles. The van der Waals surface area contributed by atoms with Gasteiger partial charge in [0.05, 0.1) is 0 Å². The summed E-state index contributed by atoms with van der Waals surface area (Å²) in [5.41, 5.74) is 5.20. The first-order valence-corrected chi connectivity index (χ1v) is 7.10. The fourth-order valence-corrected chi connectivity index (χ4v) is 2.51. The van der Waals surface area contributed by atoms with Crippen molar-refractivity contribution in [2.45, 2.75) is 32.9 Å². The number of nitrogens with zero attached hydrogens (tertiary/aromatic N) is 4. The Bertz CT molecular complexity index is 532. The molecule has 7 nitrogen and oxygen atoms in total. The molecule has 1 fully saturated rings. The van der Waals surface area contributed by atoms with Crippen molar-refractivity contribution in [1.82, 2.24) is 14.9 Å². The Balaban J connectivity index is 2.32. The molecule has 1 amide bonds. The molecule has 2 N–H and O–H groups in total. The number of anilines is 2. The predicted octanol–water partition coefficient (Wildman–Crippen LogP) is 0.652. The van der Waals surface area contributed by atoms with E-state index >= 15 is 0 Å². The Morgan fingerprint density at radius 1 is 1.38 bits per heavy atom. The normalized spacial score (nSPS) is 18.2. The summed E-state index contributed by atoms with van der Waals surface area (Å²) in [5.74, 6) is 1.66.